The van der Waals surface area contributed by atoms with E-state index >= 15 is 0 Å². The number of hydrogen-bond donors (Lipinski definition) is 1. The number of piperazine rings is 1. The van der Waals surface area contributed by atoms with Crippen LogP contribution in [-0.2, 0) is 11.2 Å². The molecule has 26 heavy (non-hydrogen) atoms. The van der Waals surface area contributed by atoms with Crippen LogP contribution in [0.15, 0.2) is 42.5 Å². The highest BCUT2D eigenvalue weighted by Gasteiger charge is 2.27. The molecule has 1 aliphatic rings. The van der Waals surface area contributed by atoms with E-state index in [2.05, 4.69) is 5.32 Å². The summed E-state index contributed by atoms with van der Waals surface area (Å²) in [5.41, 5.74) is 1.52. The molecule has 1 N–H and O–H groups in total. The third kappa shape index (κ3) is 4.19. The van der Waals surface area contributed by atoms with Crippen LogP contribution in [0.5, 0.6) is 5.75 Å². The molecule has 138 valence electrons. The van der Waals surface area contributed by atoms with Gasteiger partial charge in [0.1, 0.15) is 5.82 Å². The highest BCUT2D eigenvalue weighted by atomic mass is 19.1. The number of halogens is 2. The minimum absolute atomic E-state index is 0.0167. The molecule has 6 heteroatoms. The molecule has 1 heterocycles. The molecule has 0 aromatic heterocycles. The van der Waals surface area contributed by atoms with Gasteiger partial charge in [0, 0.05) is 26.1 Å². The topological polar surface area (TPSA) is 41.6 Å². The van der Waals surface area contributed by atoms with Crippen LogP contribution in [-0.4, -0.2) is 37.6 Å². The molecule has 0 spiro atoms. The molecule has 2 aromatic carbocycles. The first-order chi connectivity index (χ1) is 12.6. The summed E-state index contributed by atoms with van der Waals surface area (Å²) in [6.45, 7) is 1.86. The number of benzene rings is 2. The minimum Gasteiger partial charge on any atom is -0.494 e. The van der Waals surface area contributed by atoms with Crippen molar-refractivity contribution in [1.29, 1.82) is 0 Å². The van der Waals surface area contributed by atoms with E-state index in [1.165, 1.54) is 25.3 Å². The van der Waals surface area contributed by atoms with E-state index in [0.29, 0.717) is 26.1 Å². The molecule has 2 aromatic rings. The smallest absolute Gasteiger partial charge is 0.223 e. The van der Waals surface area contributed by atoms with Crippen molar-refractivity contribution >= 4 is 5.91 Å². The zero-order chi connectivity index (χ0) is 18.5. The number of ether oxygens (including phenoxy) is 1. The normalized spacial score (nSPS) is 17.2. The van der Waals surface area contributed by atoms with Crippen molar-refractivity contribution < 1.29 is 18.3 Å². The number of rotatable bonds is 5. The van der Waals surface area contributed by atoms with Crippen LogP contribution >= 0.6 is 0 Å². The highest BCUT2D eigenvalue weighted by Crippen LogP contribution is 2.24. The van der Waals surface area contributed by atoms with Crippen molar-refractivity contribution in [2.75, 3.05) is 26.7 Å². The fourth-order valence-electron chi connectivity index (χ4n) is 3.27. The Hall–Kier alpha value is -2.47. The fraction of sp³-hybridized carbons (Fsp3) is 0.350. The van der Waals surface area contributed by atoms with E-state index in [4.69, 9.17) is 4.74 Å². The van der Waals surface area contributed by atoms with E-state index < -0.39 is 5.82 Å². The zero-order valence-electron chi connectivity index (χ0n) is 14.7. The van der Waals surface area contributed by atoms with Crippen molar-refractivity contribution in [3.05, 3.63) is 65.2 Å². The first-order valence-corrected chi connectivity index (χ1v) is 8.66. The molecular weight excluding hydrogens is 338 g/mol. The molecule has 1 aliphatic heterocycles. The average molecular weight is 360 g/mol. The lowest BCUT2D eigenvalue weighted by Crippen LogP contribution is -2.48. The summed E-state index contributed by atoms with van der Waals surface area (Å²) < 4.78 is 32.2. The maximum Gasteiger partial charge on any atom is 0.223 e. The van der Waals surface area contributed by atoms with Gasteiger partial charge in [0.05, 0.1) is 13.2 Å². The van der Waals surface area contributed by atoms with Crippen molar-refractivity contribution in [1.82, 2.24) is 10.2 Å². The summed E-state index contributed by atoms with van der Waals surface area (Å²) in [4.78, 5) is 14.5. The number of nitrogens with zero attached hydrogens (tertiary/aromatic N) is 1. The van der Waals surface area contributed by atoms with Crippen LogP contribution in [0.4, 0.5) is 8.78 Å². The summed E-state index contributed by atoms with van der Waals surface area (Å²) >= 11 is 0. The van der Waals surface area contributed by atoms with Gasteiger partial charge < -0.3 is 15.0 Å². The zero-order valence-corrected chi connectivity index (χ0v) is 14.7. The van der Waals surface area contributed by atoms with Crippen LogP contribution in [0.1, 0.15) is 23.6 Å². The Balaban J connectivity index is 1.68. The minimum atomic E-state index is -0.433. The molecular formula is C20H22F2N2O2. The lowest BCUT2D eigenvalue weighted by molar-refractivity contribution is -0.134. The van der Waals surface area contributed by atoms with E-state index in [1.54, 1.807) is 23.1 Å². The molecule has 1 amide bonds. The molecule has 1 fully saturated rings. The van der Waals surface area contributed by atoms with Crippen LogP contribution in [0, 0.1) is 11.6 Å². The van der Waals surface area contributed by atoms with Gasteiger partial charge in [-0.15, -0.1) is 0 Å². The summed E-state index contributed by atoms with van der Waals surface area (Å²) in [5, 5.41) is 3.25. The third-order valence-corrected chi connectivity index (χ3v) is 4.64. The monoisotopic (exact) mass is 360 g/mol. The predicted molar refractivity (Wildman–Crippen MR) is 95.0 cm³/mol. The van der Waals surface area contributed by atoms with Gasteiger partial charge in [-0.25, -0.2) is 8.78 Å². The first-order valence-electron chi connectivity index (χ1n) is 8.66. The second-order valence-corrected chi connectivity index (χ2v) is 6.33. The van der Waals surface area contributed by atoms with Gasteiger partial charge in [0.2, 0.25) is 5.91 Å². The molecule has 0 bridgehead atoms. The van der Waals surface area contributed by atoms with Crippen molar-refractivity contribution in [3.63, 3.8) is 0 Å². The number of hydrogen-bond acceptors (Lipinski definition) is 3. The Morgan fingerprint density at radius 1 is 1.27 bits per heavy atom. The first kappa shape index (κ1) is 18.3. The molecule has 0 saturated carbocycles. The number of methoxy groups -OCH3 is 1. The van der Waals surface area contributed by atoms with Crippen molar-refractivity contribution in [2.45, 2.75) is 18.9 Å². The third-order valence-electron chi connectivity index (χ3n) is 4.64. The van der Waals surface area contributed by atoms with Gasteiger partial charge in [-0.2, -0.15) is 0 Å². The highest BCUT2D eigenvalue weighted by molar-refractivity contribution is 5.77. The summed E-state index contributed by atoms with van der Waals surface area (Å²) in [6.07, 6.45) is 0.719. The second kappa shape index (κ2) is 8.27. The molecule has 4 nitrogen and oxygen atoms in total. The molecule has 1 saturated heterocycles. The van der Waals surface area contributed by atoms with Crippen LogP contribution in [0.25, 0.3) is 0 Å². The standard InChI is InChI=1S/C20H22F2N2O2/c1-26-19-7-5-14(11-17(19)22)6-8-20(25)24-10-9-23-13-18(24)15-3-2-4-16(21)12-15/h2-5,7,11-12,18,23H,6,8-10,13H2,1H3. The SMILES string of the molecule is COc1ccc(CCC(=O)N2CCNCC2c2cccc(F)c2)cc1F. The van der Waals surface area contributed by atoms with Crippen LogP contribution in [0.3, 0.4) is 0 Å². The van der Waals surface area contributed by atoms with Crippen LogP contribution in [0.2, 0.25) is 0 Å². The van der Waals surface area contributed by atoms with E-state index in [9.17, 15) is 13.6 Å². The Morgan fingerprint density at radius 3 is 2.85 bits per heavy atom. The largest absolute Gasteiger partial charge is 0.494 e. The average Bonchev–Trinajstić information content (AvgIpc) is 2.66. The van der Waals surface area contributed by atoms with Gasteiger partial charge in [-0.3, -0.25) is 4.79 Å². The molecule has 0 aliphatic carbocycles. The maximum atomic E-state index is 13.8. The van der Waals surface area contributed by atoms with Gasteiger partial charge in [-0.1, -0.05) is 18.2 Å². The molecule has 3 rings (SSSR count). The quantitative estimate of drug-likeness (QED) is 0.891. The number of carbonyl (C=O) groups is 1. The van der Waals surface area contributed by atoms with E-state index in [0.717, 1.165) is 11.1 Å². The van der Waals surface area contributed by atoms with Gasteiger partial charge in [0.25, 0.3) is 0 Å². The second-order valence-electron chi connectivity index (χ2n) is 6.33. The lowest BCUT2D eigenvalue weighted by atomic mass is 10.0. The molecule has 0 radical (unpaired) electrons. The fourth-order valence-corrected chi connectivity index (χ4v) is 3.27. The summed E-state index contributed by atoms with van der Waals surface area (Å²) in [7, 11) is 1.42. The number of carbonyl (C=O) groups excluding carboxylic acids is 1. The van der Waals surface area contributed by atoms with Gasteiger partial charge in [0.15, 0.2) is 11.6 Å². The van der Waals surface area contributed by atoms with E-state index in [1.807, 2.05) is 6.07 Å². The van der Waals surface area contributed by atoms with Gasteiger partial charge in [-0.05, 0) is 41.8 Å². The molecule has 1 atom stereocenters. The lowest BCUT2D eigenvalue weighted by Gasteiger charge is -2.36. The van der Waals surface area contributed by atoms with Gasteiger partial charge >= 0.3 is 0 Å². The number of amides is 1. The summed E-state index contributed by atoms with van der Waals surface area (Å²) in [5.74, 6) is -0.572. The molecule has 1 unspecified atom stereocenters. The Morgan fingerprint density at radius 2 is 2.12 bits per heavy atom. The Labute approximate surface area is 151 Å². The van der Waals surface area contributed by atoms with Crippen molar-refractivity contribution in [2.24, 2.45) is 0 Å². The predicted octanol–water partition coefficient (Wildman–Crippen LogP) is 3.08. The Bertz CT molecular complexity index is 782. The summed E-state index contributed by atoms with van der Waals surface area (Å²) in [6, 6.07) is 10.9. The van der Waals surface area contributed by atoms with Crippen LogP contribution < -0.4 is 10.1 Å². The number of aryl methyl sites for hydroxylation is 1. The Kier molecular flexibility index (Phi) is 5.83. The number of nitrogens with one attached hydrogen (secondary N) is 1. The van der Waals surface area contributed by atoms with E-state index in [-0.39, 0.29) is 29.9 Å². The maximum absolute atomic E-state index is 13.8. The van der Waals surface area contributed by atoms with Crippen molar-refractivity contribution in [3.8, 4) is 5.75 Å².